The number of azide groups is 1. The highest BCUT2D eigenvalue weighted by Crippen LogP contribution is 2.32. The summed E-state index contributed by atoms with van der Waals surface area (Å²) >= 11 is 0. The van der Waals surface area contributed by atoms with Crippen LogP contribution in [0.4, 0.5) is 0 Å². The first-order valence-electron chi connectivity index (χ1n) is 5.69. The fourth-order valence-corrected chi connectivity index (χ4v) is 2.61. The summed E-state index contributed by atoms with van der Waals surface area (Å²) < 4.78 is 0. The number of rotatable bonds is 3. The fourth-order valence-electron chi connectivity index (χ4n) is 2.61. The molecule has 2 aliphatic heterocycles. The van der Waals surface area contributed by atoms with Crippen molar-refractivity contribution in [2.24, 2.45) is 17.0 Å². The summed E-state index contributed by atoms with van der Waals surface area (Å²) in [6.07, 6.45) is 0.718. The van der Waals surface area contributed by atoms with E-state index in [1.807, 2.05) is 0 Å². The van der Waals surface area contributed by atoms with E-state index in [-0.39, 0.29) is 23.7 Å². The van der Waals surface area contributed by atoms with Gasteiger partial charge >= 0.3 is 0 Å². The number of carbonyl (C=O) groups excluding carboxylic acids is 2. The molecule has 2 aliphatic rings. The lowest BCUT2D eigenvalue weighted by atomic mass is 9.88. The minimum atomic E-state index is -0.202. The van der Waals surface area contributed by atoms with Crippen molar-refractivity contribution in [1.29, 1.82) is 0 Å². The molecule has 2 atom stereocenters. The average Bonchev–Trinajstić information content (AvgIpc) is 2.55. The summed E-state index contributed by atoms with van der Waals surface area (Å²) in [4.78, 5) is 29.6. The Bertz CT molecular complexity index is 390. The molecular weight excluding hydrogens is 222 g/mol. The molecule has 2 fully saturated rings. The van der Waals surface area contributed by atoms with Gasteiger partial charge in [0.15, 0.2) is 0 Å². The van der Waals surface area contributed by atoms with Crippen LogP contribution >= 0.6 is 0 Å². The summed E-state index contributed by atoms with van der Waals surface area (Å²) in [5.41, 5.74) is 8.19. The molecule has 2 heterocycles. The molecule has 2 amide bonds. The molecule has 0 aromatic rings. The van der Waals surface area contributed by atoms with Crippen LogP contribution in [0.25, 0.3) is 10.4 Å². The zero-order valence-electron chi connectivity index (χ0n) is 9.74. The molecule has 0 aromatic heterocycles. The van der Waals surface area contributed by atoms with E-state index in [1.165, 1.54) is 4.90 Å². The molecular formula is C10H15N5O2. The van der Waals surface area contributed by atoms with Crippen LogP contribution in [0.1, 0.15) is 6.42 Å². The number of amides is 2. The zero-order chi connectivity index (χ0) is 12.4. The van der Waals surface area contributed by atoms with Crippen LogP contribution in [0.3, 0.4) is 0 Å². The topological polar surface area (TPSA) is 89.4 Å². The van der Waals surface area contributed by atoms with Crippen LogP contribution in [0.5, 0.6) is 0 Å². The van der Waals surface area contributed by atoms with Gasteiger partial charge in [-0.3, -0.25) is 14.5 Å². The molecule has 0 spiro atoms. The first-order valence-corrected chi connectivity index (χ1v) is 5.69. The van der Waals surface area contributed by atoms with Crippen molar-refractivity contribution in [2.75, 3.05) is 33.2 Å². The quantitative estimate of drug-likeness (QED) is 0.304. The maximum Gasteiger partial charge on any atom is 0.234 e. The van der Waals surface area contributed by atoms with Crippen LogP contribution in [-0.2, 0) is 9.59 Å². The molecule has 2 unspecified atom stereocenters. The lowest BCUT2D eigenvalue weighted by Crippen LogP contribution is -2.42. The largest absolute Gasteiger partial charge is 0.302 e. The van der Waals surface area contributed by atoms with Gasteiger partial charge in [-0.15, -0.1) is 0 Å². The normalized spacial score (nSPS) is 29.1. The third-order valence-corrected chi connectivity index (χ3v) is 3.57. The zero-order valence-corrected chi connectivity index (χ0v) is 9.74. The maximum atomic E-state index is 11.8. The van der Waals surface area contributed by atoms with E-state index in [2.05, 4.69) is 14.9 Å². The Balaban J connectivity index is 1.97. The van der Waals surface area contributed by atoms with Gasteiger partial charge < -0.3 is 4.90 Å². The van der Waals surface area contributed by atoms with Gasteiger partial charge in [-0.1, -0.05) is 5.11 Å². The molecule has 0 aromatic carbocycles. The summed E-state index contributed by atoms with van der Waals surface area (Å²) in [5.74, 6) is -0.460. The van der Waals surface area contributed by atoms with Gasteiger partial charge in [0.05, 0.1) is 11.8 Å². The van der Waals surface area contributed by atoms with Crippen molar-refractivity contribution in [3.63, 3.8) is 0 Å². The van der Waals surface area contributed by atoms with Crippen LogP contribution < -0.4 is 0 Å². The van der Waals surface area contributed by atoms with Crippen LogP contribution in [0, 0.1) is 11.8 Å². The summed E-state index contributed by atoms with van der Waals surface area (Å²) in [6.45, 7) is 2.44. The van der Waals surface area contributed by atoms with E-state index in [9.17, 15) is 9.59 Å². The number of hydrogen-bond acceptors (Lipinski definition) is 4. The highest BCUT2D eigenvalue weighted by atomic mass is 16.2. The van der Waals surface area contributed by atoms with Crippen LogP contribution in [0.2, 0.25) is 0 Å². The standard InChI is InChI=1S/C10H15N5O2/c1-14-9(16)7-2-4-15(5-3-12-13-11)6-8(7)10(14)17/h7-8H,2-6H2,1H3. The second kappa shape index (κ2) is 4.73. The first kappa shape index (κ1) is 11.9. The Morgan fingerprint density at radius 1 is 1.41 bits per heavy atom. The van der Waals surface area contributed by atoms with Crippen molar-refractivity contribution < 1.29 is 9.59 Å². The lowest BCUT2D eigenvalue weighted by Gasteiger charge is -2.31. The predicted octanol–water partition coefficient (Wildman–Crippen LogP) is 0.233. The Kier molecular flexibility index (Phi) is 3.31. The van der Waals surface area contributed by atoms with Crippen LogP contribution in [-0.4, -0.2) is 54.8 Å². The predicted molar refractivity (Wildman–Crippen MR) is 59.8 cm³/mol. The number of carbonyl (C=O) groups is 2. The van der Waals surface area contributed by atoms with Crippen molar-refractivity contribution in [3.8, 4) is 0 Å². The molecule has 7 heteroatoms. The number of piperidine rings is 1. The Morgan fingerprint density at radius 2 is 2.12 bits per heavy atom. The van der Waals surface area contributed by atoms with Crippen molar-refractivity contribution >= 4 is 11.8 Å². The molecule has 17 heavy (non-hydrogen) atoms. The maximum absolute atomic E-state index is 11.8. The second-order valence-corrected chi connectivity index (χ2v) is 4.49. The minimum absolute atomic E-state index is 0.0466. The molecule has 2 saturated heterocycles. The second-order valence-electron chi connectivity index (χ2n) is 4.49. The highest BCUT2D eigenvalue weighted by Gasteiger charge is 2.47. The average molecular weight is 237 g/mol. The third kappa shape index (κ3) is 2.11. The smallest absolute Gasteiger partial charge is 0.234 e. The molecule has 0 radical (unpaired) electrons. The first-order chi connectivity index (χ1) is 8.15. The van der Waals surface area contributed by atoms with Gasteiger partial charge in [-0.2, -0.15) is 0 Å². The number of fused-ring (bicyclic) bond motifs is 1. The molecule has 0 N–H and O–H groups in total. The van der Waals surface area contributed by atoms with Crippen molar-refractivity contribution in [3.05, 3.63) is 10.4 Å². The van der Waals surface area contributed by atoms with E-state index < -0.39 is 0 Å². The minimum Gasteiger partial charge on any atom is -0.302 e. The number of hydrogen-bond donors (Lipinski definition) is 0. The molecule has 2 rings (SSSR count). The van der Waals surface area contributed by atoms with Gasteiger partial charge in [0.1, 0.15) is 0 Å². The van der Waals surface area contributed by atoms with E-state index in [1.54, 1.807) is 7.05 Å². The molecule has 92 valence electrons. The Morgan fingerprint density at radius 3 is 2.82 bits per heavy atom. The molecule has 0 saturated carbocycles. The number of likely N-dealkylation sites (tertiary alicyclic amines) is 2. The number of imide groups is 1. The van der Waals surface area contributed by atoms with Crippen molar-refractivity contribution in [1.82, 2.24) is 9.80 Å². The Hall–Kier alpha value is -1.59. The highest BCUT2D eigenvalue weighted by molar-refractivity contribution is 6.05. The van der Waals surface area contributed by atoms with Crippen LogP contribution in [0.15, 0.2) is 5.11 Å². The summed E-state index contributed by atoms with van der Waals surface area (Å²) in [6, 6.07) is 0. The van der Waals surface area contributed by atoms with Crippen molar-refractivity contribution in [2.45, 2.75) is 6.42 Å². The summed E-state index contributed by atoms with van der Waals surface area (Å²) in [7, 11) is 1.55. The molecule has 0 bridgehead atoms. The molecule has 7 nitrogen and oxygen atoms in total. The van der Waals surface area contributed by atoms with Gasteiger partial charge in [0.2, 0.25) is 11.8 Å². The fraction of sp³-hybridized carbons (Fsp3) is 0.800. The molecule has 0 aliphatic carbocycles. The van der Waals surface area contributed by atoms with Gasteiger partial charge in [-0.25, -0.2) is 0 Å². The SMILES string of the molecule is CN1C(=O)C2CCN(CCN=[N+]=[N-])CC2C1=O. The van der Waals surface area contributed by atoms with Gasteiger partial charge in [0.25, 0.3) is 0 Å². The number of nitrogens with zero attached hydrogens (tertiary/aromatic N) is 5. The van der Waals surface area contributed by atoms with E-state index >= 15 is 0 Å². The summed E-state index contributed by atoms with van der Waals surface area (Å²) in [5, 5.41) is 3.48. The Labute approximate surface area is 99.0 Å². The monoisotopic (exact) mass is 237 g/mol. The van der Waals surface area contributed by atoms with E-state index in [0.29, 0.717) is 19.6 Å². The lowest BCUT2D eigenvalue weighted by molar-refractivity contribution is -0.138. The van der Waals surface area contributed by atoms with Gasteiger partial charge in [0, 0.05) is 31.6 Å². The van der Waals surface area contributed by atoms with E-state index in [4.69, 9.17) is 5.53 Å². The van der Waals surface area contributed by atoms with E-state index in [0.717, 1.165) is 13.0 Å². The van der Waals surface area contributed by atoms with Gasteiger partial charge in [-0.05, 0) is 18.5 Å². The third-order valence-electron chi connectivity index (χ3n) is 3.57.